The largest absolute Gasteiger partial charge is 0.439 e. The molecule has 0 unspecified atom stereocenters. The van der Waals surface area contributed by atoms with Crippen molar-refractivity contribution in [3.05, 3.63) is 40.8 Å². The Morgan fingerprint density at radius 3 is 2.25 bits per heavy atom. The van der Waals surface area contributed by atoms with E-state index in [1.807, 2.05) is 0 Å². The average Bonchev–Trinajstić information content (AvgIpc) is 2.35. The highest BCUT2D eigenvalue weighted by atomic mass is 35.5. The minimum atomic E-state index is -3.22. The molecule has 0 aliphatic heterocycles. The Morgan fingerprint density at radius 1 is 1.10 bits per heavy atom. The first-order valence-corrected chi connectivity index (χ1v) is 8.03. The molecule has 0 amide bonds. The minimum Gasteiger partial charge on any atom is -0.439 e. The molecule has 0 saturated carbocycles. The van der Waals surface area contributed by atoms with Crippen molar-refractivity contribution in [2.24, 2.45) is 0 Å². The van der Waals surface area contributed by atoms with Crippen molar-refractivity contribution in [3.63, 3.8) is 0 Å². The maximum atomic E-state index is 11.4. The molecular weight excluding hydrogens is 300 g/mol. The molecule has 1 aromatic heterocycles. The third-order valence-corrected chi connectivity index (χ3v) is 4.12. The van der Waals surface area contributed by atoms with Gasteiger partial charge in [0.05, 0.1) is 4.90 Å². The monoisotopic (exact) mass is 312 g/mol. The van der Waals surface area contributed by atoms with Gasteiger partial charge in [0.25, 0.3) is 0 Å². The van der Waals surface area contributed by atoms with Gasteiger partial charge in [-0.05, 0) is 38.1 Å². The van der Waals surface area contributed by atoms with E-state index in [9.17, 15) is 8.42 Å². The van der Waals surface area contributed by atoms with Gasteiger partial charge in [0.15, 0.2) is 9.84 Å². The second-order valence-corrected chi connectivity index (χ2v) is 6.71. The molecule has 0 N–H and O–H groups in total. The number of hydrogen-bond donors (Lipinski definition) is 0. The van der Waals surface area contributed by atoms with Crippen molar-refractivity contribution in [1.29, 1.82) is 0 Å². The summed E-state index contributed by atoms with van der Waals surface area (Å²) in [5.74, 6) is 1.34. The number of aryl methyl sites for hydroxylation is 1. The predicted octanol–water partition coefficient (Wildman–Crippen LogP) is 2.94. The van der Waals surface area contributed by atoms with E-state index in [-0.39, 0.29) is 4.90 Å². The van der Waals surface area contributed by atoms with Crippen LogP contribution in [0.4, 0.5) is 0 Å². The highest BCUT2D eigenvalue weighted by Crippen LogP contribution is 2.27. The first-order valence-electron chi connectivity index (χ1n) is 5.76. The van der Waals surface area contributed by atoms with Crippen LogP contribution in [0.1, 0.15) is 11.4 Å². The summed E-state index contributed by atoms with van der Waals surface area (Å²) in [4.78, 5) is 8.42. The summed E-state index contributed by atoms with van der Waals surface area (Å²) in [7, 11) is -3.22. The summed E-state index contributed by atoms with van der Waals surface area (Å²) >= 11 is 5.96. The van der Waals surface area contributed by atoms with Crippen molar-refractivity contribution < 1.29 is 13.2 Å². The molecule has 20 heavy (non-hydrogen) atoms. The number of aromatic nitrogens is 2. The van der Waals surface area contributed by atoms with Crippen molar-refractivity contribution in [2.45, 2.75) is 18.7 Å². The van der Waals surface area contributed by atoms with Gasteiger partial charge in [-0.25, -0.2) is 13.4 Å². The van der Waals surface area contributed by atoms with Crippen molar-refractivity contribution in [1.82, 2.24) is 9.97 Å². The van der Waals surface area contributed by atoms with Gasteiger partial charge < -0.3 is 4.74 Å². The van der Waals surface area contributed by atoms with Gasteiger partial charge in [-0.2, -0.15) is 4.98 Å². The number of rotatable bonds is 3. The molecule has 2 rings (SSSR count). The maximum Gasteiger partial charge on any atom is 0.226 e. The third kappa shape index (κ3) is 3.26. The predicted molar refractivity (Wildman–Crippen MR) is 76.1 cm³/mol. The Morgan fingerprint density at radius 2 is 1.70 bits per heavy atom. The molecule has 0 saturated heterocycles. The van der Waals surface area contributed by atoms with E-state index in [4.69, 9.17) is 16.3 Å². The lowest BCUT2D eigenvalue weighted by atomic mass is 10.3. The van der Waals surface area contributed by atoms with Crippen LogP contribution in [0.25, 0.3) is 0 Å². The SMILES string of the molecule is Cc1nc(Cl)c(C)c(Oc2ccc(S(C)(=O)=O)cc2)n1. The second-order valence-electron chi connectivity index (χ2n) is 4.34. The van der Waals surface area contributed by atoms with Gasteiger partial charge in [-0.3, -0.25) is 0 Å². The van der Waals surface area contributed by atoms with Crippen LogP contribution in [0.5, 0.6) is 11.6 Å². The molecule has 7 heteroatoms. The fourth-order valence-electron chi connectivity index (χ4n) is 1.54. The summed E-state index contributed by atoms with van der Waals surface area (Å²) < 4.78 is 28.3. The highest BCUT2D eigenvalue weighted by Gasteiger charge is 2.11. The van der Waals surface area contributed by atoms with Gasteiger partial charge in [0.2, 0.25) is 5.88 Å². The molecule has 0 spiro atoms. The number of halogens is 1. The van der Waals surface area contributed by atoms with Gasteiger partial charge in [-0.1, -0.05) is 11.6 Å². The smallest absolute Gasteiger partial charge is 0.226 e. The first kappa shape index (κ1) is 14.7. The minimum absolute atomic E-state index is 0.235. The maximum absolute atomic E-state index is 11.4. The molecule has 0 aliphatic rings. The van der Waals surface area contributed by atoms with E-state index in [1.54, 1.807) is 26.0 Å². The van der Waals surface area contributed by atoms with E-state index in [0.29, 0.717) is 28.2 Å². The van der Waals surface area contributed by atoms with Crippen LogP contribution in [-0.4, -0.2) is 24.6 Å². The lowest BCUT2D eigenvalue weighted by Gasteiger charge is -2.09. The fourth-order valence-corrected chi connectivity index (χ4v) is 2.37. The zero-order valence-electron chi connectivity index (χ0n) is 11.2. The number of benzene rings is 1. The zero-order chi connectivity index (χ0) is 14.9. The molecule has 1 aromatic carbocycles. The number of hydrogen-bond acceptors (Lipinski definition) is 5. The summed E-state index contributed by atoms with van der Waals surface area (Å²) in [5, 5.41) is 0.334. The Hall–Kier alpha value is -1.66. The second kappa shape index (κ2) is 5.38. The Kier molecular flexibility index (Phi) is 3.96. The highest BCUT2D eigenvalue weighted by molar-refractivity contribution is 7.90. The van der Waals surface area contributed by atoms with Gasteiger partial charge in [-0.15, -0.1) is 0 Å². The Bertz CT molecular complexity index is 743. The molecule has 0 radical (unpaired) electrons. The molecule has 0 atom stereocenters. The molecule has 2 aromatic rings. The van der Waals surface area contributed by atoms with Crippen molar-refractivity contribution in [3.8, 4) is 11.6 Å². The van der Waals surface area contributed by atoms with Crippen LogP contribution in [0.2, 0.25) is 5.15 Å². The van der Waals surface area contributed by atoms with E-state index >= 15 is 0 Å². The van der Waals surface area contributed by atoms with Crippen LogP contribution in [-0.2, 0) is 9.84 Å². The van der Waals surface area contributed by atoms with E-state index in [1.165, 1.54) is 12.1 Å². The van der Waals surface area contributed by atoms with E-state index in [2.05, 4.69) is 9.97 Å². The zero-order valence-corrected chi connectivity index (χ0v) is 12.8. The van der Waals surface area contributed by atoms with Gasteiger partial charge >= 0.3 is 0 Å². The van der Waals surface area contributed by atoms with Crippen molar-refractivity contribution >= 4 is 21.4 Å². The quantitative estimate of drug-likeness (QED) is 0.815. The molecule has 0 bridgehead atoms. The molecular formula is C13H13ClN2O3S. The standard InChI is InChI=1S/C13H13ClN2O3S/c1-8-12(14)15-9(2)16-13(8)19-10-4-6-11(7-5-10)20(3,17)18/h4-7H,1-3H3. The molecule has 0 fully saturated rings. The average molecular weight is 313 g/mol. The topological polar surface area (TPSA) is 69.2 Å². The van der Waals surface area contributed by atoms with Crippen LogP contribution in [0.3, 0.4) is 0 Å². The summed E-state index contributed by atoms with van der Waals surface area (Å²) in [6, 6.07) is 6.10. The van der Waals surface area contributed by atoms with E-state index in [0.717, 1.165) is 6.26 Å². The molecule has 5 nitrogen and oxygen atoms in total. The summed E-state index contributed by atoms with van der Waals surface area (Å²) in [5.41, 5.74) is 0.629. The van der Waals surface area contributed by atoms with Gasteiger partial charge in [0, 0.05) is 11.8 Å². The summed E-state index contributed by atoms with van der Waals surface area (Å²) in [6.45, 7) is 3.47. The molecule has 1 heterocycles. The number of ether oxygens (including phenoxy) is 1. The molecule has 106 valence electrons. The lowest BCUT2D eigenvalue weighted by Crippen LogP contribution is -1.99. The number of nitrogens with zero attached hydrogens (tertiary/aromatic N) is 2. The van der Waals surface area contributed by atoms with Crippen LogP contribution < -0.4 is 4.74 Å². The first-order chi connectivity index (χ1) is 9.27. The van der Waals surface area contributed by atoms with Gasteiger partial charge in [0.1, 0.15) is 16.7 Å². The lowest BCUT2D eigenvalue weighted by molar-refractivity contribution is 0.455. The van der Waals surface area contributed by atoms with Crippen LogP contribution in [0, 0.1) is 13.8 Å². The van der Waals surface area contributed by atoms with Crippen LogP contribution >= 0.6 is 11.6 Å². The fraction of sp³-hybridized carbons (Fsp3) is 0.231. The van der Waals surface area contributed by atoms with Crippen LogP contribution in [0.15, 0.2) is 29.2 Å². The Balaban J connectivity index is 2.32. The Labute approximate surface area is 122 Å². The normalized spacial score (nSPS) is 11.4. The molecule has 0 aliphatic carbocycles. The third-order valence-electron chi connectivity index (χ3n) is 2.62. The summed E-state index contributed by atoms with van der Waals surface area (Å²) in [6.07, 6.45) is 1.15. The number of sulfone groups is 1. The van der Waals surface area contributed by atoms with Crippen molar-refractivity contribution in [2.75, 3.05) is 6.26 Å². The van der Waals surface area contributed by atoms with E-state index < -0.39 is 9.84 Å².